The molecule has 3 nitrogen and oxygen atoms in total. The Labute approximate surface area is 83.4 Å². The Morgan fingerprint density at radius 3 is 2.92 bits per heavy atom. The number of nitrogens with zero attached hydrogens (tertiary/aromatic N) is 1. The van der Waals surface area contributed by atoms with Crippen molar-refractivity contribution in [2.45, 2.75) is 26.9 Å². The van der Waals surface area contributed by atoms with Crippen LogP contribution in [0.4, 0.5) is 0 Å². The highest BCUT2D eigenvalue weighted by Gasteiger charge is 1.99. The molecule has 4 heteroatoms. The number of thiazole rings is 1. The molecule has 3 N–H and O–H groups in total. The summed E-state index contributed by atoms with van der Waals surface area (Å²) >= 11 is 1.63. The molecule has 0 aromatic carbocycles. The van der Waals surface area contributed by atoms with Crippen LogP contribution in [0.2, 0.25) is 0 Å². The van der Waals surface area contributed by atoms with Crippen molar-refractivity contribution in [2.24, 2.45) is 11.7 Å². The summed E-state index contributed by atoms with van der Waals surface area (Å²) in [6, 6.07) is 0. The van der Waals surface area contributed by atoms with Gasteiger partial charge in [-0.1, -0.05) is 13.8 Å². The van der Waals surface area contributed by atoms with Gasteiger partial charge in [-0.25, -0.2) is 4.98 Å². The average molecular weight is 199 g/mol. The molecule has 0 atom stereocenters. The predicted molar refractivity (Wildman–Crippen MR) is 56.6 cm³/mol. The maximum absolute atomic E-state index is 5.47. The van der Waals surface area contributed by atoms with E-state index >= 15 is 0 Å². The van der Waals surface area contributed by atoms with Gasteiger partial charge in [0.05, 0.1) is 5.69 Å². The van der Waals surface area contributed by atoms with Crippen molar-refractivity contribution in [3.05, 3.63) is 16.1 Å². The number of rotatable bonds is 5. The van der Waals surface area contributed by atoms with Gasteiger partial charge in [0.25, 0.3) is 0 Å². The molecule has 0 fully saturated rings. The Hall–Kier alpha value is -0.450. The summed E-state index contributed by atoms with van der Waals surface area (Å²) in [6.45, 7) is 6.83. The molecule has 74 valence electrons. The Morgan fingerprint density at radius 1 is 1.62 bits per heavy atom. The van der Waals surface area contributed by atoms with E-state index in [0.29, 0.717) is 12.5 Å². The molecule has 0 unspecified atom stereocenters. The molecule has 0 radical (unpaired) electrons. The maximum Gasteiger partial charge on any atom is 0.106 e. The lowest BCUT2D eigenvalue weighted by Gasteiger charge is -2.04. The van der Waals surface area contributed by atoms with Crippen LogP contribution in [0.1, 0.15) is 24.5 Å². The number of hydrogen-bond acceptors (Lipinski definition) is 4. The molecule has 0 saturated heterocycles. The van der Waals surface area contributed by atoms with Crippen molar-refractivity contribution < 1.29 is 0 Å². The van der Waals surface area contributed by atoms with Gasteiger partial charge in [-0.2, -0.15) is 0 Å². The molecule has 0 aliphatic carbocycles. The summed E-state index contributed by atoms with van der Waals surface area (Å²) in [4.78, 5) is 4.36. The van der Waals surface area contributed by atoms with Crippen LogP contribution in [0, 0.1) is 5.92 Å². The van der Waals surface area contributed by atoms with Crippen LogP contribution in [-0.4, -0.2) is 11.5 Å². The second kappa shape index (κ2) is 5.32. The van der Waals surface area contributed by atoms with Gasteiger partial charge in [-0.3, -0.25) is 0 Å². The number of nitrogens with two attached hydrogens (primary N) is 1. The summed E-state index contributed by atoms with van der Waals surface area (Å²) < 4.78 is 0. The minimum Gasteiger partial charge on any atom is -0.325 e. The van der Waals surface area contributed by atoms with E-state index in [4.69, 9.17) is 5.73 Å². The van der Waals surface area contributed by atoms with Gasteiger partial charge in [0, 0.05) is 18.5 Å². The lowest BCUT2D eigenvalue weighted by atomic mass is 10.2. The zero-order valence-electron chi connectivity index (χ0n) is 8.21. The van der Waals surface area contributed by atoms with Crippen LogP contribution >= 0.6 is 11.3 Å². The summed E-state index contributed by atoms with van der Waals surface area (Å²) in [5.41, 5.74) is 6.57. The van der Waals surface area contributed by atoms with Crippen LogP contribution < -0.4 is 11.1 Å². The second-order valence-corrected chi connectivity index (χ2v) is 4.40. The summed E-state index contributed by atoms with van der Waals surface area (Å²) in [5, 5.41) is 6.42. The maximum atomic E-state index is 5.47. The second-order valence-electron chi connectivity index (χ2n) is 3.46. The molecule has 0 bridgehead atoms. The van der Waals surface area contributed by atoms with E-state index < -0.39 is 0 Å². The molecule has 1 rings (SSSR count). The highest BCUT2D eigenvalue weighted by Crippen LogP contribution is 2.08. The fourth-order valence-corrected chi connectivity index (χ4v) is 1.69. The van der Waals surface area contributed by atoms with Crippen molar-refractivity contribution >= 4 is 11.3 Å². The van der Waals surface area contributed by atoms with Crippen molar-refractivity contribution in [1.82, 2.24) is 10.3 Å². The topological polar surface area (TPSA) is 50.9 Å². The molecule has 0 aliphatic rings. The molecule has 1 aromatic rings. The van der Waals surface area contributed by atoms with E-state index in [0.717, 1.165) is 23.8 Å². The normalized spacial score (nSPS) is 11.1. The van der Waals surface area contributed by atoms with Crippen LogP contribution in [0.25, 0.3) is 0 Å². The average Bonchev–Trinajstić information content (AvgIpc) is 2.52. The molecule has 0 spiro atoms. The van der Waals surface area contributed by atoms with E-state index in [1.54, 1.807) is 11.3 Å². The van der Waals surface area contributed by atoms with E-state index in [9.17, 15) is 0 Å². The minimum atomic E-state index is 0.550. The van der Waals surface area contributed by atoms with Gasteiger partial charge in [-0.15, -0.1) is 11.3 Å². The first-order valence-corrected chi connectivity index (χ1v) is 5.44. The quantitative estimate of drug-likeness (QED) is 0.752. The third kappa shape index (κ3) is 3.85. The van der Waals surface area contributed by atoms with E-state index in [2.05, 4.69) is 29.5 Å². The van der Waals surface area contributed by atoms with Crippen molar-refractivity contribution in [2.75, 3.05) is 6.54 Å². The highest BCUT2D eigenvalue weighted by atomic mass is 32.1. The minimum absolute atomic E-state index is 0.550. The lowest BCUT2D eigenvalue weighted by Crippen LogP contribution is -2.19. The van der Waals surface area contributed by atoms with Gasteiger partial charge in [0.2, 0.25) is 0 Å². The molecular formula is C9H17N3S. The summed E-state index contributed by atoms with van der Waals surface area (Å²) in [6.07, 6.45) is 0. The largest absolute Gasteiger partial charge is 0.325 e. The lowest BCUT2D eigenvalue weighted by molar-refractivity contribution is 0.548. The summed E-state index contributed by atoms with van der Waals surface area (Å²) in [7, 11) is 0. The number of hydrogen-bond donors (Lipinski definition) is 2. The fourth-order valence-electron chi connectivity index (χ4n) is 1.01. The van der Waals surface area contributed by atoms with Crippen LogP contribution in [0.3, 0.4) is 0 Å². The first-order valence-electron chi connectivity index (χ1n) is 4.56. The fraction of sp³-hybridized carbons (Fsp3) is 0.667. The Bertz CT molecular complexity index is 245. The molecule has 1 aromatic heterocycles. The monoisotopic (exact) mass is 199 g/mol. The van der Waals surface area contributed by atoms with Gasteiger partial charge >= 0.3 is 0 Å². The van der Waals surface area contributed by atoms with Gasteiger partial charge in [0.15, 0.2) is 0 Å². The van der Waals surface area contributed by atoms with Gasteiger partial charge < -0.3 is 11.1 Å². The highest BCUT2D eigenvalue weighted by molar-refractivity contribution is 7.09. The first kappa shape index (κ1) is 10.6. The van der Waals surface area contributed by atoms with Crippen LogP contribution in [0.5, 0.6) is 0 Å². The molecule has 0 saturated carbocycles. The zero-order chi connectivity index (χ0) is 9.68. The van der Waals surface area contributed by atoms with Crippen molar-refractivity contribution in [3.8, 4) is 0 Å². The SMILES string of the molecule is CC(C)CNCc1csc(CN)n1. The first-order chi connectivity index (χ1) is 6.22. The van der Waals surface area contributed by atoms with Crippen LogP contribution in [-0.2, 0) is 13.1 Å². The van der Waals surface area contributed by atoms with Crippen molar-refractivity contribution in [1.29, 1.82) is 0 Å². The Morgan fingerprint density at radius 2 is 2.38 bits per heavy atom. The zero-order valence-corrected chi connectivity index (χ0v) is 9.03. The van der Waals surface area contributed by atoms with E-state index in [1.165, 1.54) is 0 Å². The third-order valence-corrected chi connectivity index (χ3v) is 2.55. The number of aromatic nitrogens is 1. The van der Waals surface area contributed by atoms with Crippen LogP contribution in [0.15, 0.2) is 5.38 Å². The van der Waals surface area contributed by atoms with Gasteiger partial charge in [0.1, 0.15) is 5.01 Å². The molecular weight excluding hydrogens is 182 g/mol. The number of nitrogens with one attached hydrogen (secondary N) is 1. The van der Waals surface area contributed by atoms with Crippen molar-refractivity contribution in [3.63, 3.8) is 0 Å². The smallest absolute Gasteiger partial charge is 0.106 e. The van der Waals surface area contributed by atoms with E-state index in [-0.39, 0.29) is 0 Å². The Balaban J connectivity index is 2.28. The standard InChI is InChI=1S/C9H17N3S/c1-7(2)4-11-5-8-6-13-9(3-10)12-8/h6-7,11H,3-5,10H2,1-2H3. The Kier molecular flexibility index (Phi) is 4.35. The molecule has 0 amide bonds. The summed E-state index contributed by atoms with van der Waals surface area (Å²) in [5.74, 6) is 0.688. The van der Waals surface area contributed by atoms with E-state index in [1.807, 2.05) is 0 Å². The molecule has 0 aliphatic heterocycles. The predicted octanol–water partition coefficient (Wildman–Crippen LogP) is 1.35. The third-order valence-electron chi connectivity index (χ3n) is 1.63. The molecule has 1 heterocycles. The van der Waals surface area contributed by atoms with Gasteiger partial charge in [-0.05, 0) is 12.5 Å². The molecule has 13 heavy (non-hydrogen) atoms.